The third-order valence-corrected chi connectivity index (χ3v) is 3.45. The maximum Gasteiger partial charge on any atom is 0.138 e. The molecule has 0 amide bonds. The van der Waals surface area contributed by atoms with Crippen LogP contribution in [0.2, 0.25) is 0 Å². The van der Waals surface area contributed by atoms with Gasteiger partial charge in [-0.15, -0.1) is 0 Å². The molecule has 0 saturated heterocycles. The average molecular weight is 275 g/mol. The number of nitrogens with one attached hydrogen (secondary N) is 1. The summed E-state index contributed by atoms with van der Waals surface area (Å²) in [5.41, 5.74) is 4.36. The van der Waals surface area contributed by atoms with E-state index in [2.05, 4.69) is 41.7 Å². The molecule has 0 unspecified atom stereocenters. The zero-order valence-corrected chi connectivity index (χ0v) is 11.7. The van der Waals surface area contributed by atoms with Crippen molar-refractivity contribution < 1.29 is 5.11 Å². The van der Waals surface area contributed by atoms with Gasteiger partial charge in [0.1, 0.15) is 5.75 Å². The minimum absolute atomic E-state index is 0.276. The molecule has 0 aliphatic heterocycles. The summed E-state index contributed by atoms with van der Waals surface area (Å²) in [6.07, 6.45) is 0. The molecule has 3 rings (SSSR count). The third-order valence-electron chi connectivity index (χ3n) is 3.45. The summed E-state index contributed by atoms with van der Waals surface area (Å²) in [7, 11) is 0. The lowest BCUT2D eigenvalue weighted by molar-refractivity contribution is 0.477. The van der Waals surface area contributed by atoms with Crippen LogP contribution in [0, 0.1) is 0 Å². The van der Waals surface area contributed by atoms with E-state index in [0.29, 0.717) is 6.54 Å². The van der Waals surface area contributed by atoms with Crippen LogP contribution in [-0.4, -0.2) is 5.11 Å². The van der Waals surface area contributed by atoms with E-state index in [4.69, 9.17) is 0 Å². The van der Waals surface area contributed by atoms with Crippen LogP contribution in [0.3, 0.4) is 0 Å². The van der Waals surface area contributed by atoms with Gasteiger partial charge in [0.25, 0.3) is 0 Å². The van der Waals surface area contributed by atoms with Gasteiger partial charge in [0, 0.05) is 6.54 Å². The van der Waals surface area contributed by atoms with Gasteiger partial charge in [0.15, 0.2) is 0 Å². The van der Waals surface area contributed by atoms with Crippen molar-refractivity contribution in [3.05, 3.63) is 84.4 Å². The Bertz CT molecular complexity index is 705. The van der Waals surface area contributed by atoms with E-state index >= 15 is 0 Å². The minimum Gasteiger partial charge on any atom is -0.506 e. The number of rotatable bonds is 4. The van der Waals surface area contributed by atoms with Crippen LogP contribution >= 0.6 is 0 Å². The molecule has 21 heavy (non-hydrogen) atoms. The molecule has 3 aromatic rings. The summed E-state index contributed by atoms with van der Waals surface area (Å²) < 4.78 is 0. The highest BCUT2D eigenvalue weighted by molar-refractivity contribution is 5.63. The lowest BCUT2D eigenvalue weighted by Crippen LogP contribution is -1.99. The zero-order valence-electron chi connectivity index (χ0n) is 11.7. The van der Waals surface area contributed by atoms with Crippen LogP contribution in [0.15, 0.2) is 78.9 Å². The number of phenolic OH excluding ortho intramolecular Hbond substituents is 1. The monoisotopic (exact) mass is 275 g/mol. The summed E-state index contributed by atoms with van der Waals surface area (Å²) >= 11 is 0. The van der Waals surface area contributed by atoms with Gasteiger partial charge in [-0.25, -0.2) is 0 Å². The molecule has 0 aliphatic carbocycles. The second-order valence-electron chi connectivity index (χ2n) is 4.93. The smallest absolute Gasteiger partial charge is 0.138 e. The van der Waals surface area contributed by atoms with Crippen LogP contribution < -0.4 is 5.32 Å². The Kier molecular flexibility index (Phi) is 3.88. The first-order valence-electron chi connectivity index (χ1n) is 6.99. The van der Waals surface area contributed by atoms with E-state index in [1.54, 1.807) is 6.07 Å². The van der Waals surface area contributed by atoms with Gasteiger partial charge in [0.05, 0.1) is 5.69 Å². The van der Waals surface area contributed by atoms with E-state index in [1.807, 2.05) is 36.4 Å². The molecular weight excluding hydrogens is 258 g/mol. The summed E-state index contributed by atoms with van der Waals surface area (Å²) in [5.74, 6) is 0.276. The molecular formula is C19H17NO. The highest BCUT2D eigenvalue weighted by Gasteiger charge is 2.00. The third kappa shape index (κ3) is 3.23. The first-order valence-corrected chi connectivity index (χ1v) is 6.99. The fraction of sp³-hybridized carbons (Fsp3) is 0.0526. The lowest BCUT2D eigenvalue weighted by Gasteiger charge is -2.09. The number of para-hydroxylation sites is 2. The molecule has 0 saturated carbocycles. The Hall–Kier alpha value is -2.74. The number of aromatic hydroxyl groups is 1. The number of anilines is 1. The molecule has 0 fully saturated rings. The zero-order chi connectivity index (χ0) is 14.5. The van der Waals surface area contributed by atoms with Gasteiger partial charge in [-0.05, 0) is 28.8 Å². The van der Waals surface area contributed by atoms with Crippen LogP contribution in [0.4, 0.5) is 5.69 Å². The van der Waals surface area contributed by atoms with Crippen molar-refractivity contribution in [1.29, 1.82) is 0 Å². The minimum atomic E-state index is 0.276. The van der Waals surface area contributed by atoms with E-state index in [9.17, 15) is 5.11 Å². The fourth-order valence-electron chi connectivity index (χ4n) is 2.27. The van der Waals surface area contributed by atoms with Gasteiger partial charge >= 0.3 is 0 Å². The van der Waals surface area contributed by atoms with Gasteiger partial charge in [-0.2, -0.15) is 0 Å². The first kappa shape index (κ1) is 13.3. The molecule has 2 heteroatoms. The molecule has 0 aromatic heterocycles. The molecule has 2 N–H and O–H groups in total. The topological polar surface area (TPSA) is 32.3 Å². The van der Waals surface area contributed by atoms with Crippen molar-refractivity contribution in [3.63, 3.8) is 0 Å². The SMILES string of the molecule is Oc1ccccc1NCc1ccc(-c2ccccc2)cc1. The van der Waals surface area contributed by atoms with Crippen molar-refractivity contribution in [2.24, 2.45) is 0 Å². The Morgan fingerprint density at radius 3 is 2.00 bits per heavy atom. The summed E-state index contributed by atoms with van der Waals surface area (Å²) in [4.78, 5) is 0. The maximum atomic E-state index is 9.72. The fourth-order valence-corrected chi connectivity index (χ4v) is 2.27. The van der Waals surface area contributed by atoms with Crippen molar-refractivity contribution in [1.82, 2.24) is 0 Å². The van der Waals surface area contributed by atoms with Crippen molar-refractivity contribution in [3.8, 4) is 16.9 Å². The van der Waals surface area contributed by atoms with E-state index < -0.39 is 0 Å². The van der Waals surface area contributed by atoms with E-state index in [-0.39, 0.29) is 5.75 Å². The molecule has 104 valence electrons. The molecule has 0 heterocycles. The normalized spacial score (nSPS) is 10.3. The van der Waals surface area contributed by atoms with Crippen LogP contribution in [0.25, 0.3) is 11.1 Å². The quantitative estimate of drug-likeness (QED) is 0.678. The molecule has 2 nitrogen and oxygen atoms in total. The van der Waals surface area contributed by atoms with Crippen LogP contribution in [-0.2, 0) is 6.54 Å². The highest BCUT2D eigenvalue weighted by Crippen LogP contribution is 2.23. The van der Waals surface area contributed by atoms with Crippen molar-refractivity contribution >= 4 is 5.69 Å². The van der Waals surface area contributed by atoms with Gasteiger partial charge in [-0.3, -0.25) is 0 Å². The predicted molar refractivity (Wildman–Crippen MR) is 87.3 cm³/mol. The number of benzene rings is 3. The summed E-state index contributed by atoms with van der Waals surface area (Å²) in [5, 5.41) is 13.0. The lowest BCUT2D eigenvalue weighted by atomic mass is 10.0. The standard InChI is InChI=1S/C19H17NO/c21-19-9-5-4-8-18(19)20-14-15-10-12-17(13-11-15)16-6-2-1-3-7-16/h1-13,20-21H,14H2. The van der Waals surface area contributed by atoms with Gasteiger partial charge in [0.2, 0.25) is 0 Å². The molecule has 0 atom stereocenters. The Balaban J connectivity index is 1.69. The summed E-state index contributed by atoms with van der Waals surface area (Å²) in [6.45, 7) is 0.687. The molecule has 0 spiro atoms. The molecule has 0 aliphatic rings. The average Bonchev–Trinajstić information content (AvgIpc) is 2.55. The number of phenols is 1. The van der Waals surface area contributed by atoms with Crippen LogP contribution in [0.5, 0.6) is 5.75 Å². The van der Waals surface area contributed by atoms with E-state index in [1.165, 1.54) is 16.7 Å². The van der Waals surface area contributed by atoms with Crippen molar-refractivity contribution in [2.75, 3.05) is 5.32 Å². The van der Waals surface area contributed by atoms with Gasteiger partial charge in [-0.1, -0.05) is 66.7 Å². The number of hydrogen-bond acceptors (Lipinski definition) is 2. The second kappa shape index (κ2) is 6.14. The molecule has 3 aromatic carbocycles. The Morgan fingerprint density at radius 1 is 0.667 bits per heavy atom. The summed E-state index contributed by atoms with van der Waals surface area (Å²) in [6, 6.07) is 26.0. The first-order chi connectivity index (χ1) is 10.3. The number of hydrogen-bond donors (Lipinski definition) is 2. The Morgan fingerprint density at radius 2 is 1.29 bits per heavy atom. The molecule has 0 bridgehead atoms. The second-order valence-corrected chi connectivity index (χ2v) is 4.93. The predicted octanol–water partition coefficient (Wildman–Crippen LogP) is 4.67. The largest absolute Gasteiger partial charge is 0.506 e. The maximum absolute atomic E-state index is 9.72. The highest BCUT2D eigenvalue weighted by atomic mass is 16.3. The van der Waals surface area contributed by atoms with Crippen molar-refractivity contribution in [2.45, 2.75) is 6.54 Å². The van der Waals surface area contributed by atoms with E-state index in [0.717, 1.165) is 5.69 Å². The molecule has 0 radical (unpaired) electrons. The van der Waals surface area contributed by atoms with Gasteiger partial charge < -0.3 is 10.4 Å². The Labute approximate surface area is 124 Å². The van der Waals surface area contributed by atoms with Crippen LogP contribution in [0.1, 0.15) is 5.56 Å².